The molecule has 1 amide bonds. The van der Waals surface area contributed by atoms with Crippen molar-refractivity contribution >= 4 is 5.91 Å². The van der Waals surface area contributed by atoms with Crippen LogP contribution in [0, 0.1) is 16.7 Å². The first-order chi connectivity index (χ1) is 10.3. The topological polar surface area (TPSA) is 55.1 Å². The van der Waals surface area contributed by atoms with Gasteiger partial charge in [-0.15, -0.1) is 0 Å². The van der Waals surface area contributed by atoms with E-state index in [1.807, 2.05) is 30.3 Å². The normalized spacial score (nSPS) is 33.6. The second-order valence-electron chi connectivity index (χ2n) is 7.97. The van der Waals surface area contributed by atoms with Gasteiger partial charge in [-0.1, -0.05) is 51.1 Å². The highest BCUT2D eigenvalue weighted by molar-refractivity contribution is 5.82. The van der Waals surface area contributed by atoms with Crippen LogP contribution >= 0.6 is 0 Å². The number of carbonyl (C=O) groups excluding carboxylic acids is 1. The summed E-state index contributed by atoms with van der Waals surface area (Å²) in [5, 5.41) is 3.26. The van der Waals surface area contributed by atoms with E-state index in [4.69, 9.17) is 5.73 Å². The summed E-state index contributed by atoms with van der Waals surface area (Å²) in [5.41, 5.74) is 7.76. The van der Waals surface area contributed by atoms with Crippen molar-refractivity contribution in [2.24, 2.45) is 22.5 Å². The van der Waals surface area contributed by atoms with Crippen LogP contribution in [0.4, 0.5) is 0 Å². The molecule has 0 aromatic heterocycles. The quantitative estimate of drug-likeness (QED) is 0.898. The fraction of sp³-hybridized carbons (Fsp3) is 0.632. The van der Waals surface area contributed by atoms with Crippen LogP contribution in [0.3, 0.4) is 0 Å². The molecule has 0 saturated heterocycles. The highest BCUT2D eigenvalue weighted by atomic mass is 16.2. The number of benzene rings is 1. The summed E-state index contributed by atoms with van der Waals surface area (Å²) in [7, 11) is 0. The Bertz CT molecular complexity index is 554. The van der Waals surface area contributed by atoms with Gasteiger partial charge in [0.2, 0.25) is 5.91 Å². The molecule has 3 heteroatoms. The van der Waals surface area contributed by atoms with E-state index in [0.717, 1.165) is 17.9 Å². The second kappa shape index (κ2) is 5.38. The molecule has 0 spiro atoms. The van der Waals surface area contributed by atoms with Gasteiger partial charge < -0.3 is 11.1 Å². The van der Waals surface area contributed by atoms with E-state index in [1.54, 1.807) is 0 Å². The van der Waals surface area contributed by atoms with Crippen LogP contribution in [0.15, 0.2) is 30.3 Å². The molecule has 2 bridgehead atoms. The Kier molecular flexibility index (Phi) is 3.80. The van der Waals surface area contributed by atoms with Gasteiger partial charge in [-0.2, -0.15) is 0 Å². The first-order valence-corrected chi connectivity index (χ1v) is 8.44. The smallest absolute Gasteiger partial charge is 0.237 e. The van der Waals surface area contributed by atoms with Gasteiger partial charge in [0.15, 0.2) is 0 Å². The molecule has 0 aliphatic heterocycles. The maximum Gasteiger partial charge on any atom is 0.237 e. The molecule has 2 aliphatic carbocycles. The molecule has 1 aromatic rings. The van der Waals surface area contributed by atoms with Gasteiger partial charge in [0.1, 0.15) is 0 Å². The van der Waals surface area contributed by atoms with E-state index in [0.29, 0.717) is 11.8 Å². The molecule has 2 fully saturated rings. The van der Waals surface area contributed by atoms with E-state index in [-0.39, 0.29) is 17.4 Å². The van der Waals surface area contributed by atoms with Gasteiger partial charge in [-0.3, -0.25) is 4.79 Å². The average molecular weight is 300 g/mol. The monoisotopic (exact) mass is 300 g/mol. The summed E-state index contributed by atoms with van der Waals surface area (Å²) in [6, 6.07) is 9.81. The minimum atomic E-state index is -0.465. The Morgan fingerprint density at radius 2 is 2.00 bits per heavy atom. The highest BCUT2D eigenvalue weighted by Gasteiger charge is 2.61. The predicted octanol–water partition coefficient (Wildman–Crippen LogP) is 2.89. The van der Waals surface area contributed by atoms with Gasteiger partial charge >= 0.3 is 0 Å². The van der Waals surface area contributed by atoms with Gasteiger partial charge in [-0.05, 0) is 48.0 Å². The fourth-order valence-electron chi connectivity index (χ4n) is 4.66. The fourth-order valence-corrected chi connectivity index (χ4v) is 4.66. The standard InChI is InChI=1S/C19H28N2O/c1-18(2)14-9-10-19(18,3)16(12-14)21-17(22)15(20)11-13-7-5-4-6-8-13/h4-8,14-16H,9-12,20H2,1-3H3,(H,21,22)/t14-,15+,16-,19+/m1/s1. The molecular weight excluding hydrogens is 272 g/mol. The largest absolute Gasteiger partial charge is 0.351 e. The number of rotatable bonds is 4. The molecule has 3 N–H and O–H groups in total. The lowest BCUT2D eigenvalue weighted by atomic mass is 9.69. The lowest BCUT2D eigenvalue weighted by Crippen LogP contribution is -2.52. The lowest BCUT2D eigenvalue weighted by molar-refractivity contribution is -0.124. The predicted molar refractivity (Wildman–Crippen MR) is 89.3 cm³/mol. The van der Waals surface area contributed by atoms with Crippen LogP contribution < -0.4 is 11.1 Å². The molecule has 3 nitrogen and oxygen atoms in total. The van der Waals surface area contributed by atoms with E-state index in [2.05, 4.69) is 26.1 Å². The zero-order valence-electron chi connectivity index (χ0n) is 13.9. The second-order valence-corrected chi connectivity index (χ2v) is 7.97. The molecule has 0 radical (unpaired) electrons. The third kappa shape index (κ3) is 2.36. The molecule has 4 atom stereocenters. The Morgan fingerprint density at radius 3 is 2.55 bits per heavy atom. The van der Waals surface area contributed by atoms with Gasteiger partial charge in [0.05, 0.1) is 6.04 Å². The van der Waals surface area contributed by atoms with E-state index in [1.165, 1.54) is 12.8 Å². The van der Waals surface area contributed by atoms with Crippen molar-refractivity contribution in [3.63, 3.8) is 0 Å². The van der Waals surface area contributed by atoms with Crippen molar-refractivity contribution < 1.29 is 4.79 Å². The minimum Gasteiger partial charge on any atom is -0.351 e. The van der Waals surface area contributed by atoms with Crippen molar-refractivity contribution in [3.05, 3.63) is 35.9 Å². The SMILES string of the molecule is CC1(C)[C@@H]2CC[C@@]1(C)[C@H](NC(=O)[C@@H](N)Cc1ccccc1)C2. The third-order valence-corrected chi connectivity index (χ3v) is 6.75. The lowest BCUT2D eigenvalue weighted by Gasteiger charge is -2.39. The van der Waals surface area contributed by atoms with E-state index in [9.17, 15) is 4.79 Å². The van der Waals surface area contributed by atoms with Crippen LogP contribution in [-0.4, -0.2) is 18.0 Å². The van der Waals surface area contributed by atoms with Crippen molar-refractivity contribution in [1.29, 1.82) is 0 Å². The molecule has 2 aliphatic rings. The van der Waals surface area contributed by atoms with Crippen molar-refractivity contribution in [2.75, 3.05) is 0 Å². The van der Waals surface area contributed by atoms with Crippen molar-refractivity contribution in [3.8, 4) is 0 Å². The number of nitrogens with two attached hydrogens (primary N) is 1. The molecule has 0 unspecified atom stereocenters. The Morgan fingerprint density at radius 1 is 1.32 bits per heavy atom. The summed E-state index contributed by atoms with van der Waals surface area (Å²) in [6.07, 6.45) is 4.21. The summed E-state index contributed by atoms with van der Waals surface area (Å²) in [6.45, 7) is 7.06. The molecule has 0 heterocycles. The maximum atomic E-state index is 12.5. The molecule has 22 heavy (non-hydrogen) atoms. The number of amides is 1. The Labute approximate surface area is 133 Å². The third-order valence-electron chi connectivity index (χ3n) is 6.75. The minimum absolute atomic E-state index is 0.00146. The maximum absolute atomic E-state index is 12.5. The average Bonchev–Trinajstić information content (AvgIpc) is 2.81. The molecule has 2 saturated carbocycles. The number of nitrogens with one attached hydrogen (secondary N) is 1. The molecule has 1 aromatic carbocycles. The van der Waals surface area contributed by atoms with E-state index < -0.39 is 6.04 Å². The summed E-state index contributed by atoms with van der Waals surface area (Å²) < 4.78 is 0. The highest BCUT2D eigenvalue weighted by Crippen LogP contribution is 2.65. The summed E-state index contributed by atoms with van der Waals surface area (Å²) >= 11 is 0. The van der Waals surface area contributed by atoms with Gasteiger partial charge in [-0.25, -0.2) is 0 Å². The van der Waals surface area contributed by atoms with Crippen LogP contribution in [0.25, 0.3) is 0 Å². The number of hydrogen-bond acceptors (Lipinski definition) is 2. The van der Waals surface area contributed by atoms with Gasteiger partial charge in [0, 0.05) is 6.04 Å². The zero-order valence-corrected chi connectivity index (χ0v) is 13.9. The number of carbonyl (C=O) groups is 1. The Balaban J connectivity index is 1.63. The zero-order chi connectivity index (χ0) is 16.0. The first-order valence-electron chi connectivity index (χ1n) is 8.44. The van der Waals surface area contributed by atoms with Crippen LogP contribution in [-0.2, 0) is 11.2 Å². The van der Waals surface area contributed by atoms with E-state index >= 15 is 0 Å². The molecule has 3 rings (SSSR count). The number of hydrogen-bond donors (Lipinski definition) is 2. The van der Waals surface area contributed by atoms with Crippen LogP contribution in [0.2, 0.25) is 0 Å². The van der Waals surface area contributed by atoms with Crippen molar-refractivity contribution in [2.45, 2.75) is 58.5 Å². The van der Waals surface area contributed by atoms with Crippen molar-refractivity contribution in [1.82, 2.24) is 5.32 Å². The summed E-state index contributed by atoms with van der Waals surface area (Å²) in [5.74, 6) is 0.728. The molecule has 120 valence electrons. The first kappa shape index (κ1) is 15.5. The molecular formula is C19H28N2O. The van der Waals surface area contributed by atoms with Crippen LogP contribution in [0.1, 0.15) is 45.6 Å². The Hall–Kier alpha value is -1.35. The van der Waals surface area contributed by atoms with Crippen LogP contribution in [0.5, 0.6) is 0 Å². The van der Waals surface area contributed by atoms with Gasteiger partial charge in [0.25, 0.3) is 0 Å². The summed E-state index contributed by atoms with van der Waals surface area (Å²) in [4.78, 5) is 12.5. The number of fused-ring (bicyclic) bond motifs is 2.